The van der Waals surface area contributed by atoms with Crippen molar-refractivity contribution in [2.45, 2.75) is 84.1 Å². The van der Waals surface area contributed by atoms with Gasteiger partial charge < -0.3 is 4.57 Å². The monoisotopic (exact) mass is 452 g/mol. The Bertz CT molecular complexity index is 1110. The predicted octanol–water partition coefficient (Wildman–Crippen LogP) is 9.22. The van der Waals surface area contributed by atoms with Crippen LogP contribution >= 0.6 is 0 Å². The summed E-state index contributed by atoms with van der Waals surface area (Å²) in [6, 6.07) is 28.2. The van der Waals surface area contributed by atoms with Gasteiger partial charge in [0.25, 0.3) is 0 Å². The Morgan fingerprint density at radius 1 is 0.588 bits per heavy atom. The van der Waals surface area contributed by atoms with Gasteiger partial charge in [-0.1, -0.05) is 131 Å². The molecule has 0 fully saturated rings. The predicted molar refractivity (Wildman–Crippen MR) is 146 cm³/mol. The Morgan fingerprint density at radius 2 is 1.18 bits per heavy atom. The van der Waals surface area contributed by atoms with Gasteiger partial charge in [-0.05, 0) is 35.2 Å². The lowest BCUT2D eigenvalue weighted by Gasteiger charge is -2.10. The van der Waals surface area contributed by atoms with Gasteiger partial charge in [-0.2, -0.15) is 0 Å². The second-order valence-corrected chi connectivity index (χ2v) is 9.59. The van der Waals surface area contributed by atoms with Crippen LogP contribution in [0.4, 0.5) is 0 Å². The minimum Gasteiger partial charge on any atom is -0.328 e. The van der Waals surface area contributed by atoms with Crippen molar-refractivity contribution in [3.8, 4) is 11.1 Å². The number of unbranched alkanes of at least 4 members (excludes halogenated alkanes) is 9. The van der Waals surface area contributed by atoms with Crippen molar-refractivity contribution >= 4 is 11.0 Å². The smallest absolute Gasteiger partial charge is 0.114 e. The maximum atomic E-state index is 5.02. The Balaban J connectivity index is 1.33. The van der Waals surface area contributed by atoms with Crippen LogP contribution in [0, 0.1) is 0 Å². The first-order valence-electron chi connectivity index (χ1n) is 13.4. The SMILES string of the molecule is CCCCCCCCCCCCn1c(Cc2ccc(-c3ccccc3)cc2)nc2ccccc21. The van der Waals surface area contributed by atoms with Gasteiger partial charge in [0.05, 0.1) is 11.0 Å². The fraction of sp³-hybridized carbons (Fsp3) is 0.406. The van der Waals surface area contributed by atoms with Gasteiger partial charge in [0, 0.05) is 13.0 Å². The number of nitrogens with zero attached hydrogens (tertiary/aromatic N) is 2. The summed E-state index contributed by atoms with van der Waals surface area (Å²) >= 11 is 0. The third-order valence-electron chi connectivity index (χ3n) is 6.89. The molecule has 0 radical (unpaired) electrons. The molecule has 4 rings (SSSR count). The number of fused-ring (bicyclic) bond motifs is 1. The average molecular weight is 453 g/mol. The highest BCUT2D eigenvalue weighted by atomic mass is 15.1. The van der Waals surface area contributed by atoms with Crippen LogP contribution in [0.3, 0.4) is 0 Å². The lowest BCUT2D eigenvalue weighted by molar-refractivity contribution is 0.533. The largest absolute Gasteiger partial charge is 0.328 e. The Hall–Kier alpha value is -2.87. The molecule has 0 aliphatic heterocycles. The van der Waals surface area contributed by atoms with Gasteiger partial charge in [-0.15, -0.1) is 0 Å². The van der Waals surface area contributed by atoms with Crippen molar-refractivity contribution < 1.29 is 0 Å². The molecular formula is C32H40N2. The fourth-order valence-electron chi connectivity index (χ4n) is 4.90. The zero-order valence-corrected chi connectivity index (χ0v) is 20.9. The van der Waals surface area contributed by atoms with E-state index in [1.54, 1.807) is 0 Å². The number of imidazole rings is 1. The minimum atomic E-state index is 0.876. The fourth-order valence-corrected chi connectivity index (χ4v) is 4.90. The van der Waals surface area contributed by atoms with Crippen LogP contribution in [0.25, 0.3) is 22.2 Å². The Morgan fingerprint density at radius 3 is 1.88 bits per heavy atom. The maximum absolute atomic E-state index is 5.02. The quantitative estimate of drug-likeness (QED) is 0.174. The lowest BCUT2D eigenvalue weighted by Crippen LogP contribution is -2.05. The maximum Gasteiger partial charge on any atom is 0.114 e. The highest BCUT2D eigenvalue weighted by molar-refractivity contribution is 5.76. The molecule has 0 unspecified atom stereocenters. The normalized spacial score (nSPS) is 11.3. The molecule has 0 saturated carbocycles. The molecule has 3 aromatic carbocycles. The van der Waals surface area contributed by atoms with E-state index >= 15 is 0 Å². The second kappa shape index (κ2) is 13.1. The zero-order chi connectivity index (χ0) is 23.4. The van der Waals surface area contributed by atoms with Gasteiger partial charge in [0.2, 0.25) is 0 Å². The summed E-state index contributed by atoms with van der Waals surface area (Å²) in [7, 11) is 0. The van der Waals surface area contributed by atoms with E-state index < -0.39 is 0 Å². The molecule has 2 heteroatoms. The number of hydrogen-bond acceptors (Lipinski definition) is 1. The molecular weight excluding hydrogens is 412 g/mol. The molecule has 0 bridgehead atoms. The number of aromatic nitrogens is 2. The number of para-hydroxylation sites is 2. The number of aryl methyl sites for hydroxylation is 1. The first-order valence-corrected chi connectivity index (χ1v) is 13.4. The molecule has 0 aliphatic carbocycles. The summed E-state index contributed by atoms with van der Waals surface area (Å²) in [5, 5.41) is 0. The topological polar surface area (TPSA) is 17.8 Å². The molecule has 0 N–H and O–H groups in total. The highest BCUT2D eigenvalue weighted by Gasteiger charge is 2.11. The van der Waals surface area contributed by atoms with Crippen molar-refractivity contribution in [3.05, 3.63) is 90.3 Å². The van der Waals surface area contributed by atoms with E-state index in [4.69, 9.17) is 4.98 Å². The van der Waals surface area contributed by atoms with Crippen molar-refractivity contribution in [3.63, 3.8) is 0 Å². The average Bonchev–Trinajstić information content (AvgIpc) is 3.23. The molecule has 0 aliphatic rings. The number of hydrogen-bond donors (Lipinski definition) is 0. The molecule has 2 nitrogen and oxygen atoms in total. The van der Waals surface area contributed by atoms with Gasteiger partial charge in [-0.25, -0.2) is 4.98 Å². The lowest BCUT2D eigenvalue weighted by atomic mass is 10.0. The van der Waals surface area contributed by atoms with Gasteiger partial charge >= 0.3 is 0 Å². The second-order valence-electron chi connectivity index (χ2n) is 9.59. The molecule has 178 valence electrons. The summed E-state index contributed by atoms with van der Waals surface area (Å²) in [5.41, 5.74) is 6.24. The summed E-state index contributed by atoms with van der Waals surface area (Å²) in [6.07, 6.45) is 14.6. The summed E-state index contributed by atoms with van der Waals surface area (Å²) in [5.74, 6) is 1.18. The molecule has 34 heavy (non-hydrogen) atoms. The van der Waals surface area contributed by atoms with Gasteiger partial charge in [0.1, 0.15) is 5.82 Å². The zero-order valence-electron chi connectivity index (χ0n) is 20.9. The third-order valence-corrected chi connectivity index (χ3v) is 6.89. The third kappa shape index (κ3) is 6.82. The summed E-state index contributed by atoms with van der Waals surface area (Å²) in [6.45, 7) is 3.35. The van der Waals surface area contributed by atoms with Crippen LogP contribution in [0.2, 0.25) is 0 Å². The number of benzene rings is 3. The molecule has 0 atom stereocenters. The van der Waals surface area contributed by atoms with Crippen molar-refractivity contribution in [1.82, 2.24) is 9.55 Å². The van der Waals surface area contributed by atoms with Gasteiger partial charge in [-0.3, -0.25) is 0 Å². The Kier molecular flexibility index (Phi) is 9.37. The van der Waals surface area contributed by atoms with Crippen LogP contribution in [0.5, 0.6) is 0 Å². The van der Waals surface area contributed by atoms with E-state index in [1.165, 1.54) is 92.2 Å². The Labute approximate surface area is 206 Å². The molecule has 4 aromatic rings. The van der Waals surface area contributed by atoms with E-state index in [1.807, 2.05) is 0 Å². The van der Waals surface area contributed by atoms with E-state index in [0.29, 0.717) is 0 Å². The highest BCUT2D eigenvalue weighted by Crippen LogP contribution is 2.23. The van der Waals surface area contributed by atoms with Crippen LogP contribution in [-0.2, 0) is 13.0 Å². The molecule has 0 saturated heterocycles. The van der Waals surface area contributed by atoms with Crippen LogP contribution in [-0.4, -0.2) is 9.55 Å². The van der Waals surface area contributed by atoms with E-state index in [2.05, 4.69) is 90.4 Å². The van der Waals surface area contributed by atoms with Crippen LogP contribution < -0.4 is 0 Å². The van der Waals surface area contributed by atoms with E-state index in [-0.39, 0.29) is 0 Å². The van der Waals surface area contributed by atoms with Crippen molar-refractivity contribution in [1.29, 1.82) is 0 Å². The van der Waals surface area contributed by atoms with Gasteiger partial charge in [0.15, 0.2) is 0 Å². The van der Waals surface area contributed by atoms with Crippen molar-refractivity contribution in [2.24, 2.45) is 0 Å². The molecule has 1 aromatic heterocycles. The van der Waals surface area contributed by atoms with Crippen LogP contribution in [0.15, 0.2) is 78.9 Å². The number of rotatable bonds is 14. The summed E-state index contributed by atoms with van der Waals surface area (Å²) in [4.78, 5) is 5.02. The van der Waals surface area contributed by atoms with Crippen molar-refractivity contribution in [2.75, 3.05) is 0 Å². The first kappa shape index (κ1) is 24.3. The van der Waals surface area contributed by atoms with E-state index in [0.717, 1.165) is 18.5 Å². The molecule has 0 amide bonds. The minimum absolute atomic E-state index is 0.876. The van der Waals surface area contributed by atoms with Crippen LogP contribution in [0.1, 0.15) is 82.5 Å². The summed E-state index contributed by atoms with van der Waals surface area (Å²) < 4.78 is 2.46. The van der Waals surface area contributed by atoms with E-state index in [9.17, 15) is 0 Å². The molecule has 1 heterocycles. The standard InChI is InChI=1S/C32H40N2/c1-2-3-4-5-6-7-8-9-10-16-25-34-31-20-15-14-19-30(31)33-32(34)26-27-21-23-29(24-22-27)28-17-12-11-13-18-28/h11-15,17-24H,2-10,16,25-26H2,1H3. The molecule has 0 spiro atoms. The first-order chi connectivity index (χ1) is 16.8.